The Morgan fingerprint density at radius 3 is 2.22 bits per heavy atom. The van der Waals surface area contributed by atoms with Gasteiger partial charge in [-0.05, 0) is 0 Å². The number of hydrogen-bond donors (Lipinski definition) is 1. The Bertz CT molecular complexity index is 257. The minimum Gasteiger partial charge on any atom is -0.409 e. The van der Waals surface area contributed by atoms with Crippen LogP contribution in [0.4, 0.5) is 0 Å². The van der Waals surface area contributed by atoms with Crippen LogP contribution in [-0.4, -0.2) is 24.9 Å². The van der Waals surface area contributed by atoms with E-state index in [0.29, 0.717) is 0 Å². The fraction of sp³-hybridized carbons (Fsp3) is 0.333. The number of rotatable bonds is 0. The van der Waals surface area contributed by atoms with E-state index in [1.165, 1.54) is 6.07 Å². The van der Waals surface area contributed by atoms with Gasteiger partial charge in [-0.3, -0.25) is 0 Å². The highest BCUT2D eigenvalue weighted by Gasteiger charge is 2.11. The monoisotopic (exact) mass is 148 g/mol. The number of sulfone groups is 1. The van der Waals surface area contributed by atoms with Crippen molar-refractivity contribution in [2.75, 3.05) is 6.26 Å². The van der Waals surface area contributed by atoms with E-state index in [0.717, 1.165) is 6.26 Å². The summed E-state index contributed by atoms with van der Waals surface area (Å²) in [4.78, 5) is 0. The van der Waals surface area contributed by atoms with Crippen LogP contribution in [0.15, 0.2) is 5.16 Å². The van der Waals surface area contributed by atoms with Gasteiger partial charge in [0.25, 0.3) is 5.04 Å². The van der Waals surface area contributed by atoms with Crippen molar-refractivity contribution >= 4 is 14.9 Å². The number of nitriles is 1. The van der Waals surface area contributed by atoms with Gasteiger partial charge < -0.3 is 5.21 Å². The normalized spacial score (nSPS) is 12.7. The van der Waals surface area contributed by atoms with Gasteiger partial charge in [-0.15, -0.1) is 0 Å². The number of hydrogen-bond acceptors (Lipinski definition) is 5. The SMILES string of the molecule is CS(=O)(=O)C(C#N)=NO. The second-order valence-corrected chi connectivity index (χ2v) is 3.22. The topological polar surface area (TPSA) is 90.5 Å². The fourth-order valence-corrected chi connectivity index (χ4v) is 0.494. The maximum absolute atomic E-state index is 10.3. The molecule has 0 heterocycles. The van der Waals surface area contributed by atoms with Crippen molar-refractivity contribution in [3.05, 3.63) is 0 Å². The molecule has 0 aromatic carbocycles. The van der Waals surface area contributed by atoms with E-state index in [1.54, 1.807) is 0 Å². The maximum Gasteiger partial charge on any atom is 0.270 e. The van der Waals surface area contributed by atoms with E-state index in [1.807, 2.05) is 0 Å². The third-order valence-corrected chi connectivity index (χ3v) is 1.41. The summed E-state index contributed by atoms with van der Waals surface area (Å²) in [6, 6.07) is 1.20. The molecule has 0 aliphatic carbocycles. The smallest absolute Gasteiger partial charge is 0.270 e. The van der Waals surface area contributed by atoms with Crippen LogP contribution in [0.2, 0.25) is 0 Å². The molecule has 0 radical (unpaired) electrons. The predicted octanol–water partition coefficient (Wildman–Crippen LogP) is -0.658. The van der Waals surface area contributed by atoms with E-state index in [2.05, 4.69) is 5.16 Å². The zero-order valence-corrected chi connectivity index (χ0v) is 5.38. The summed E-state index contributed by atoms with van der Waals surface area (Å²) in [6.45, 7) is 0. The van der Waals surface area contributed by atoms with Crippen LogP contribution < -0.4 is 0 Å². The van der Waals surface area contributed by atoms with Gasteiger partial charge in [-0.25, -0.2) is 8.42 Å². The first-order valence-corrected chi connectivity index (χ1v) is 3.73. The van der Waals surface area contributed by atoms with Gasteiger partial charge in [0.15, 0.2) is 0 Å². The molecular formula is C3H4N2O3S. The Kier molecular flexibility index (Phi) is 2.16. The van der Waals surface area contributed by atoms with Crippen molar-refractivity contribution in [1.29, 1.82) is 5.26 Å². The van der Waals surface area contributed by atoms with Gasteiger partial charge in [0.2, 0.25) is 9.84 Å². The second kappa shape index (κ2) is 2.46. The Morgan fingerprint density at radius 2 is 2.22 bits per heavy atom. The first-order chi connectivity index (χ1) is 4.02. The summed E-state index contributed by atoms with van der Waals surface area (Å²) in [5.74, 6) is 0. The standard InChI is InChI=1S/C3H4N2O3S/c1-9(7,8)3(2-4)5-6/h6H,1H3. The van der Waals surface area contributed by atoms with Gasteiger partial charge in [-0.2, -0.15) is 5.26 Å². The Labute approximate surface area is 52.1 Å². The molecule has 0 aliphatic heterocycles. The lowest BCUT2D eigenvalue weighted by Crippen LogP contribution is -2.09. The van der Waals surface area contributed by atoms with Crippen molar-refractivity contribution in [3.63, 3.8) is 0 Å². The molecule has 50 valence electrons. The molecule has 0 aromatic heterocycles. The Hall–Kier alpha value is -1.09. The highest BCUT2D eigenvalue weighted by molar-refractivity contribution is 8.06. The Morgan fingerprint density at radius 1 is 1.78 bits per heavy atom. The minimum atomic E-state index is -3.63. The summed E-state index contributed by atoms with van der Waals surface area (Å²) < 4.78 is 20.6. The molecule has 0 spiro atoms. The predicted molar refractivity (Wildman–Crippen MR) is 29.7 cm³/mol. The van der Waals surface area contributed by atoms with Gasteiger partial charge in [-0.1, -0.05) is 5.16 Å². The first-order valence-electron chi connectivity index (χ1n) is 1.84. The molecule has 0 bridgehead atoms. The van der Waals surface area contributed by atoms with Crippen molar-refractivity contribution < 1.29 is 13.6 Å². The molecule has 0 saturated heterocycles. The van der Waals surface area contributed by atoms with E-state index in [-0.39, 0.29) is 0 Å². The molecule has 5 nitrogen and oxygen atoms in total. The summed E-state index contributed by atoms with van der Waals surface area (Å²) in [5, 5.41) is 17.2. The molecule has 0 rings (SSSR count). The van der Waals surface area contributed by atoms with Crippen LogP contribution in [0.1, 0.15) is 0 Å². The average molecular weight is 148 g/mol. The quantitative estimate of drug-likeness (QED) is 0.214. The Balaban J connectivity index is 4.85. The molecule has 0 aromatic rings. The van der Waals surface area contributed by atoms with Gasteiger partial charge >= 0.3 is 0 Å². The zero-order chi connectivity index (χ0) is 7.49. The molecule has 0 fully saturated rings. The molecule has 0 atom stereocenters. The van der Waals surface area contributed by atoms with Gasteiger partial charge in [0.1, 0.15) is 6.07 Å². The summed E-state index contributed by atoms with van der Waals surface area (Å²) >= 11 is 0. The van der Waals surface area contributed by atoms with Crippen molar-refractivity contribution in [2.24, 2.45) is 5.16 Å². The van der Waals surface area contributed by atoms with E-state index in [9.17, 15) is 8.42 Å². The van der Waals surface area contributed by atoms with Crippen molar-refractivity contribution in [1.82, 2.24) is 0 Å². The average Bonchev–Trinajstić information content (AvgIpc) is 1.65. The highest BCUT2D eigenvalue weighted by atomic mass is 32.2. The van der Waals surface area contributed by atoms with Gasteiger partial charge in [0, 0.05) is 6.26 Å². The number of nitrogens with zero attached hydrogens (tertiary/aromatic N) is 2. The lowest BCUT2D eigenvalue weighted by atomic mass is 10.8. The third kappa shape index (κ3) is 2.10. The van der Waals surface area contributed by atoms with Crippen LogP contribution in [0.3, 0.4) is 0 Å². The molecule has 9 heavy (non-hydrogen) atoms. The molecule has 1 N–H and O–H groups in total. The van der Waals surface area contributed by atoms with Crippen molar-refractivity contribution in [2.45, 2.75) is 0 Å². The number of oxime groups is 1. The van der Waals surface area contributed by atoms with Crippen LogP contribution in [0, 0.1) is 11.3 Å². The zero-order valence-electron chi connectivity index (χ0n) is 4.57. The van der Waals surface area contributed by atoms with Crippen LogP contribution >= 0.6 is 0 Å². The van der Waals surface area contributed by atoms with Crippen LogP contribution in [0.25, 0.3) is 0 Å². The van der Waals surface area contributed by atoms with Crippen LogP contribution in [-0.2, 0) is 9.84 Å². The van der Waals surface area contributed by atoms with E-state index in [4.69, 9.17) is 10.5 Å². The molecule has 0 aliphatic rings. The maximum atomic E-state index is 10.3. The molecule has 0 unspecified atom stereocenters. The summed E-state index contributed by atoms with van der Waals surface area (Å²) in [7, 11) is -3.63. The molecule has 0 amide bonds. The minimum absolute atomic E-state index is 0.783. The summed E-state index contributed by atoms with van der Waals surface area (Å²) in [6.07, 6.45) is 0.783. The molecular weight excluding hydrogens is 144 g/mol. The lowest BCUT2D eigenvalue weighted by molar-refractivity contribution is 0.321. The van der Waals surface area contributed by atoms with E-state index < -0.39 is 14.9 Å². The highest BCUT2D eigenvalue weighted by Crippen LogP contribution is 1.85. The van der Waals surface area contributed by atoms with Crippen LogP contribution in [0.5, 0.6) is 0 Å². The van der Waals surface area contributed by atoms with E-state index >= 15 is 0 Å². The lowest BCUT2D eigenvalue weighted by Gasteiger charge is -1.85. The first kappa shape index (κ1) is 7.91. The molecule has 0 saturated carbocycles. The van der Waals surface area contributed by atoms with Gasteiger partial charge in [0.05, 0.1) is 0 Å². The molecule has 6 heteroatoms. The summed E-state index contributed by atoms with van der Waals surface area (Å²) in [5.41, 5.74) is 0. The van der Waals surface area contributed by atoms with Crippen molar-refractivity contribution in [3.8, 4) is 6.07 Å². The second-order valence-electron chi connectivity index (χ2n) is 1.29. The largest absolute Gasteiger partial charge is 0.409 e. The fourth-order valence-electron chi connectivity index (χ4n) is 0.179. The third-order valence-electron chi connectivity index (χ3n) is 0.538.